The Morgan fingerprint density at radius 3 is 2.30 bits per heavy atom. The van der Waals surface area contributed by atoms with Gasteiger partial charge >= 0.3 is 6.09 Å². The smallest absolute Gasteiger partial charge is 0.410 e. The van der Waals surface area contributed by atoms with Gasteiger partial charge in [0, 0.05) is 44.2 Å². The lowest BCUT2D eigenvalue weighted by Crippen LogP contribution is -2.56. The number of hydrogen-bond acceptors (Lipinski definition) is 8. The van der Waals surface area contributed by atoms with E-state index < -0.39 is 23.3 Å². The summed E-state index contributed by atoms with van der Waals surface area (Å²) < 4.78 is 40.4. The molecule has 2 aromatic carbocycles. The first kappa shape index (κ1) is 29.0. The molecule has 0 saturated carbocycles. The van der Waals surface area contributed by atoms with Crippen LogP contribution in [0.1, 0.15) is 45.6 Å². The third-order valence-electron chi connectivity index (χ3n) is 8.31. The molecule has 10 nitrogen and oxygen atoms in total. The average Bonchev–Trinajstić information content (AvgIpc) is 3.31. The van der Waals surface area contributed by atoms with Gasteiger partial charge in [-0.3, -0.25) is 19.6 Å². The van der Waals surface area contributed by atoms with Crippen LogP contribution in [0.5, 0.6) is 5.75 Å². The molecule has 1 aromatic heterocycles. The summed E-state index contributed by atoms with van der Waals surface area (Å²) in [6.45, 7) is 2.53. The second-order valence-electron chi connectivity index (χ2n) is 11.3. The number of nitriles is 2. The van der Waals surface area contributed by atoms with E-state index in [1.165, 1.54) is 6.20 Å². The van der Waals surface area contributed by atoms with E-state index in [-0.39, 0.29) is 36.2 Å². The van der Waals surface area contributed by atoms with E-state index >= 15 is 0 Å². The fourth-order valence-corrected chi connectivity index (χ4v) is 5.74. The third kappa shape index (κ3) is 6.03. The van der Waals surface area contributed by atoms with Crippen LogP contribution in [-0.2, 0) is 17.8 Å². The van der Waals surface area contributed by atoms with Gasteiger partial charge in [-0.05, 0) is 48.5 Å². The molecular weight excluding hydrogens is 570 g/mol. The standard InChI is InChI=1S/C32H28F2N6O4/c33-28-11-22(14-36)12-29(34)27(28)19-38-9-7-32(8-10-38)20-40(31(42)44-32)16-24-4-3-23(15-37-24)30(41)39-17-26(18-39)43-25-5-1-21(13-35)2-6-25/h1-6,11-12,15,26H,7-10,16-20H2. The number of hydrogen-bond donors (Lipinski definition) is 0. The van der Waals surface area contributed by atoms with Gasteiger partial charge in [0.1, 0.15) is 29.1 Å². The molecule has 3 aromatic rings. The summed E-state index contributed by atoms with van der Waals surface area (Å²) in [4.78, 5) is 35.2. The lowest BCUT2D eigenvalue weighted by atomic mass is 9.91. The van der Waals surface area contributed by atoms with Crippen molar-refractivity contribution >= 4 is 12.0 Å². The quantitative estimate of drug-likeness (QED) is 0.400. The van der Waals surface area contributed by atoms with E-state index in [0.717, 1.165) is 12.1 Å². The maximum atomic E-state index is 14.4. The Labute approximate surface area is 252 Å². The minimum Gasteiger partial charge on any atom is -0.487 e. The molecule has 44 heavy (non-hydrogen) atoms. The zero-order valence-corrected chi connectivity index (χ0v) is 23.7. The molecule has 224 valence electrons. The van der Waals surface area contributed by atoms with Gasteiger partial charge in [-0.1, -0.05) is 0 Å². The third-order valence-corrected chi connectivity index (χ3v) is 8.31. The van der Waals surface area contributed by atoms with E-state index in [1.54, 1.807) is 52.3 Å². The highest BCUT2D eigenvalue weighted by molar-refractivity contribution is 5.94. The molecule has 0 atom stereocenters. The van der Waals surface area contributed by atoms with E-state index in [9.17, 15) is 18.4 Å². The summed E-state index contributed by atoms with van der Waals surface area (Å²) in [5, 5.41) is 17.8. The molecule has 4 heterocycles. The van der Waals surface area contributed by atoms with Crippen molar-refractivity contribution in [2.75, 3.05) is 32.7 Å². The molecule has 0 unspecified atom stereocenters. The van der Waals surface area contributed by atoms with Crippen LogP contribution in [0.3, 0.4) is 0 Å². The van der Waals surface area contributed by atoms with Gasteiger partial charge in [-0.25, -0.2) is 13.6 Å². The number of ether oxygens (including phenoxy) is 2. The molecule has 3 aliphatic heterocycles. The summed E-state index contributed by atoms with van der Waals surface area (Å²) in [7, 11) is 0. The van der Waals surface area contributed by atoms with Gasteiger partial charge in [0.2, 0.25) is 0 Å². The molecule has 3 fully saturated rings. The van der Waals surface area contributed by atoms with Gasteiger partial charge in [0.15, 0.2) is 0 Å². The summed E-state index contributed by atoms with van der Waals surface area (Å²) in [6, 6.07) is 16.1. The Kier molecular flexibility index (Phi) is 7.85. The Balaban J connectivity index is 0.977. The minimum absolute atomic E-state index is 0.0632. The number of amides is 2. The summed E-state index contributed by atoms with van der Waals surface area (Å²) in [5.41, 5.74) is 0.781. The highest BCUT2D eigenvalue weighted by Gasteiger charge is 2.47. The van der Waals surface area contributed by atoms with Crippen LogP contribution >= 0.6 is 0 Å². The van der Waals surface area contributed by atoms with Gasteiger partial charge < -0.3 is 14.4 Å². The van der Waals surface area contributed by atoms with Crippen LogP contribution in [0.25, 0.3) is 0 Å². The first-order chi connectivity index (χ1) is 21.2. The van der Waals surface area contributed by atoms with E-state index in [0.29, 0.717) is 68.1 Å². The van der Waals surface area contributed by atoms with E-state index in [2.05, 4.69) is 11.1 Å². The number of nitrogens with zero attached hydrogens (tertiary/aromatic N) is 6. The maximum absolute atomic E-state index is 14.4. The van der Waals surface area contributed by atoms with Gasteiger partial charge in [0.05, 0.1) is 60.7 Å². The number of piperidine rings is 1. The number of aromatic nitrogens is 1. The lowest BCUT2D eigenvalue weighted by molar-refractivity contribution is -0.00165. The second kappa shape index (κ2) is 11.9. The van der Waals surface area contributed by atoms with Crippen molar-refractivity contribution in [2.24, 2.45) is 0 Å². The van der Waals surface area contributed by atoms with Crippen molar-refractivity contribution in [3.63, 3.8) is 0 Å². The predicted octanol–water partition coefficient (Wildman–Crippen LogP) is 3.99. The van der Waals surface area contributed by atoms with Crippen molar-refractivity contribution in [3.8, 4) is 17.9 Å². The molecular formula is C32H28F2N6O4. The van der Waals surface area contributed by atoms with Crippen molar-refractivity contribution < 1.29 is 27.8 Å². The molecule has 2 amide bonds. The van der Waals surface area contributed by atoms with Crippen LogP contribution in [0, 0.1) is 34.3 Å². The fraction of sp³-hybridized carbons (Fsp3) is 0.344. The van der Waals surface area contributed by atoms with Crippen molar-refractivity contribution in [1.29, 1.82) is 10.5 Å². The highest BCUT2D eigenvalue weighted by Crippen LogP contribution is 2.34. The SMILES string of the molecule is N#Cc1ccc(OC2CN(C(=O)c3ccc(CN4CC5(CCN(Cc6c(F)cc(C#N)cc6F)CC5)OC4=O)nc3)C2)cc1. The maximum Gasteiger partial charge on any atom is 0.410 e. The van der Waals surface area contributed by atoms with E-state index in [1.807, 2.05) is 4.90 Å². The van der Waals surface area contributed by atoms with Crippen LogP contribution in [0.4, 0.5) is 13.6 Å². The Morgan fingerprint density at radius 1 is 1.00 bits per heavy atom. The van der Waals surface area contributed by atoms with Crippen LogP contribution in [0.15, 0.2) is 54.7 Å². The van der Waals surface area contributed by atoms with Crippen molar-refractivity contribution in [1.82, 2.24) is 19.7 Å². The topological polar surface area (TPSA) is 123 Å². The Bertz CT molecular complexity index is 1630. The zero-order chi connectivity index (χ0) is 30.8. The number of carbonyl (C=O) groups excluding carboxylic acids is 2. The van der Waals surface area contributed by atoms with Crippen molar-refractivity contribution in [2.45, 2.75) is 37.6 Å². The molecule has 3 aliphatic rings. The Morgan fingerprint density at radius 2 is 1.68 bits per heavy atom. The Hall–Kier alpha value is -5.07. The number of halogens is 2. The van der Waals surface area contributed by atoms with Crippen LogP contribution < -0.4 is 4.74 Å². The van der Waals surface area contributed by atoms with Gasteiger partial charge in [-0.2, -0.15) is 10.5 Å². The molecule has 3 saturated heterocycles. The predicted molar refractivity (Wildman–Crippen MR) is 151 cm³/mol. The van der Waals surface area contributed by atoms with Gasteiger partial charge in [0.25, 0.3) is 5.91 Å². The molecule has 0 N–H and O–H groups in total. The first-order valence-corrected chi connectivity index (χ1v) is 14.2. The van der Waals surface area contributed by atoms with E-state index in [4.69, 9.17) is 20.0 Å². The average molecular weight is 599 g/mol. The molecule has 0 bridgehead atoms. The minimum atomic E-state index is -0.747. The fourth-order valence-electron chi connectivity index (χ4n) is 5.74. The normalized spacial score (nSPS) is 18.0. The zero-order valence-electron chi connectivity index (χ0n) is 23.7. The summed E-state index contributed by atoms with van der Waals surface area (Å²) in [6.07, 6.45) is 1.96. The first-order valence-electron chi connectivity index (χ1n) is 14.2. The van der Waals surface area contributed by atoms with Gasteiger partial charge in [-0.15, -0.1) is 0 Å². The largest absolute Gasteiger partial charge is 0.487 e. The molecule has 0 aliphatic carbocycles. The number of rotatable bonds is 7. The highest BCUT2D eigenvalue weighted by atomic mass is 19.1. The van der Waals surface area contributed by atoms with Crippen LogP contribution in [0.2, 0.25) is 0 Å². The molecule has 1 spiro atoms. The number of benzene rings is 2. The lowest BCUT2D eigenvalue weighted by Gasteiger charge is -2.39. The number of likely N-dealkylation sites (tertiary alicyclic amines) is 2. The summed E-state index contributed by atoms with van der Waals surface area (Å²) >= 11 is 0. The summed E-state index contributed by atoms with van der Waals surface area (Å²) in [5.74, 6) is -1.00. The molecule has 0 radical (unpaired) electrons. The molecule has 12 heteroatoms. The van der Waals surface area contributed by atoms with Crippen LogP contribution in [-0.4, -0.2) is 76.1 Å². The monoisotopic (exact) mass is 598 g/mol. The molecule has 6 rings (SSSR count). The second-order valence-corrected chi connectivity index (χ2v) is 11.3. The number of pyridine rings is 1. The van der Waals surface area contributed by atoms with Crippen molar-refractivity contribution in [3.05, 3.63) is 94.3 Å². The number of carbonyl (C=O) groups is 2.